The van der Waals surface area contributed by atoms with Crippen LogP contribution in [0.4, 0.5) is 0 Å². The van der Waals surface area contributed by atoms with Crippen molar-refractivity contribution in [2.24, 2.45) is 0 Å². The molecule has 0 aromatic heterocycles. The van der Waals surface area contributed by atoms with Gasteiger partial charge in [-0.15, -0.1) is 0 Å². The first kappa shape index (κ1) is 20.0. The summed E-state index contributed by atoms with van der Waals surface area (Å²) < 4.78 is 11.4. The quantitative estimate of drug-likeness (QED) is 0.665. The summed E-state index contributed by atoms with van der Waals surface area (Å²) in [7, 11) is 5.85. The maximum atomic E-state index is 13.4. The van der Waals surface area contributed by atoms with E-state index < -0.39 is 5.92 Å². The highest BCUT2D eigenvalue weighted by Crippen LogP contribution is 2.43. The van der Waals surface area contributed by atoms with Crippen LogP contribution >= 0.6 is 0 Å². The summed E-state index contributed by atoms with van der Waals surface area (Å²) in [6.07, 6.45) is 0. The monoisotopic (exact) mass is 403 g/mol. The third-order valence-corrected chi connectivity index (χ3v) is 5.62. The molecule has 0 saturated carbocycles. The SMILES string of the molecule is COc1cccc([C@H](CNC(=O)C2c3ccccc3Oc3ccccc32)[NH+](C)C)c1. The van der Waals surface area contributed by atoms with Gasteiger partial charge in [-0.25, -0.2) is 0 Å². The molecular weight excluding hydrogens is 376 g/mol. The largest absolute Gasteiger partial charge is 0.497 e. The van der Waals surface area contributed by atoms with Crippen LogP contribution in [0.3, 0.4) is 0 Å². The molecule has 3 aromatic rings. The van der Waals surface area contributed by atoms with E-state index in [9.17, 15) is 4.79 Å². The minimum absolute atomic E-state index is 0.0210. The summed E-state index contributed by atoms with van der Waals surface area (Å²) in [5.41, 5.74) is 2.91. The molecule has 4 rings (SSSR count). The van der Waals surface area contributed by atoms with Crippen molar-refractivity contribution in [1.82, 2.24) is 5.32 Å². The Hall–Kier alpha value is -3.31. The van der Waals surface area contributed by atoms with Gasteiger partial charge >= 0.3 is 0 Å². The third-order valence-electron chi connectivity index (χ3n) is 5.62. The lowest BCUT2D eigenvalue weighted by Gasteiger charge is -2.28. The number of hydrogen-bond acceptors (Lipinski definition) is 3. The molecular formula is C25H27N2O3+. The van der Waals surface area contributed by atoms with Gasteiger partial charge in [-0.1, -0.05) is 48.5 Å². The molecule has 0 radical (unpaired) electrons. The van der Waals surface area contributed by atoms with E-state index in [-0.39, 0.29) is 11.9 Å². The van der Waals surface area contributed by atoms with Crippen molar-refractivity contribution < 1.29 is 19.2 Å². The lowest BCUT2D eigenvalue weighted by Crippen LogP contribution is -3.07. The number of carbonyl (C=O) groups excluding carboxylic acids is 1. The van der Waals surface area contributed by atoms with Gasteiger partial charge in [0.05, 0.1) is 33.7 Å². The molecule has 1 aliphatic heterocycles. The lowest BCUT2D eigenvalue weighted by molar-refractivity contribution is -0.890. The summed E-state index contributed by atoms with van der Waals surface area (Å²) in [6.45, 7) is 0.524. The molecule has 1 amide bonds. The zero-order chi connectivity index (χ0) is 21.1. The molecule has 154 valence electrons. The fraction of sp³-hybridized carbons (Fsp3) is 0.240. The molecule has 3 aromatic carbocycles. The van der Waals surface area contributed by atoms with Gasteiger partial charge in [0.15, 0.2) is 0 Å². The number of nitrogens with one attached hydrogen (secondary N) is 2. The normalized spacial score (nSPS) is 13.7. The molecule has 5 heteroatoms. The second-order valence-corrected chi connectivity index (χ2v) is 7.76. The van der Waals surface area contributed by atoms with E-state index >= 15 is 0 Å². The van der Waals surface area contributed by atoms with Crippen molar-refractivity contribution in [2.45, 2.75) is 12.0 Å². The first-order chi connectivity index (χ1) is 14.6. The van der Waals surface area contributed by atoms with Crippen molar-refractivity contribution in [1.29, 1.82) is 0 Å². The van der Waals surface area contributed by atoms with Crippen LogP contribution in [0.1, 0.15) is 28.7 Å². The van der Waals surface area contributed by atoms with Gasteiger partial charge in [-0.05, 0) is 24.3 Å². The minimum Gasteiger partial charge on any atom is -0.497 e. The van der Waals surface area contributed by atoms with Gasteiger partial charge in [-0.3, -0.25) is 4.79 Å². The first-order valence-electron chi connectivity index (χ1n) is 10.2. The number of ether oxygens (including phenoxy) is 2. The van der Waals surface area contributed by atoms with Gasteiger partial charge in [0.1, 0.15) is 23.3 Å². The van der Waals surface area contributed by atoms with E-state index in [1.165, 1.54) is 4.90 Å². The standard InChI is InChI=1S/C25H26N2O3/c1-27(2)21(17-9-8-10-18(15-17)29-3)16-26-25(28)24-19-11-4-6-13-22(19)30-23-14-7-5-12-20(23)24/h4-15,21,24H,16H2,1-3H3,(H,26,28)/p+1/t21-/m0/s1. The molecule has 0 saturated heterocycles. The molecule has 0 unspecified atom stereocenters. The number of likely N-dealkylation sites (N-methyl/N-ethyl adjacent to an activating group) is 1. The van der Waals surface area contributed by atoms with Gasteiger partial charge in [0.25, 0.3) is 0 Å². The predicted molar refractivity (Wildman–Crippen MR) is 116 cm³/mol. The summed E-state index contributed by atoms with van der Waals surface area (Å²) in [4.78, 5) is 14.6. The molecule has 0 spiro atoms. The van der Waals surface area contributed by atoms with Crippen molar-refractivity contribution in [3.63, 3.8) is 0 Å². The molecule has 2 N–H and O–H groups in total. The molecule has 0 bridgehead atoms. The fourth-order valence-corrected chi connectivity index (χ4v) is 4.01. The predicted octanol–water partition coefficient (Wildman–Crippen LogP) is 2.93. The maximum absolute atomic E-state index is 13.4. The van der Waals surface area contributed by atoms with Crippen molar-refractivity contribution in [3.8, 4) is 17.2 Å². The number of hydrogen-bond donors (Lipinski definition) is 2. The van der Waals surface area contributed by atoms with Crippen LogP contribution in [0.15, 0.2) is 72.8 Å². The van der Waals surface area contributed by atoms with Gasteiger partial charge in [0, 0.05) is 16.7 Å². The highest BCUT2D eigenvalue weighted by Gasteiger charge is 2.33. The average molecular weight is 404 g/mol. The van der Waals surface area contributed by atoms with Gasteiger partial charge < -0.3 is 19.7 Å². The number of quaternary nitrogens is 1. The summed E-state index contributed by atoms with van der Waals surface area (Å²) >= 11 is 0. The Labute approximate surface area is 177 Å². The zero-order valence-electron chi connectivity index (χ0n) is 17.5. The van der Waals surface area contributed by atoms with Crippen molar-refractivity contribution in [3.05, 3.63) is 89.5 Å². The van der Waals surface area contributed by atoms with Crippen LogP contribution in [0.2, 0.25) is 0 Å². The summed E-state index contributed by atoms with van der Waals surface area (Å²) in [5.74, 6) is 1.87. The average Bonchev–Trinajstić information content (AvgIpc) is 2.77. The smallest absolute Gasteiger partial charge is 0.232 e. The van der Waals surface area contributed by atoms with E-state index in [4.69, 9.17) is 9.47 Å². The van der Waals surface area contributed by atoms with Crippen molar-refractivity contribution in [2.75, 3.05) is 27.7 Å². The number of rotatable bonds is 6. The highest BCUT2D eigenvalue weighted by atomic mass is 16.5. The molecule has 1 aliphatic rings. The van der Waals surface area contributed by atoms with Crippen molar-refractivity contribution >= 4 is 5.91 Å². The number of methoxy groups -OCH3 is 1. The van der Waals surface area contributed by atoms with Gasteiger partial charge in [-0.2, -0.15) is 0 Å². The highest BCUT2D eigenvalue weighted by molar-refractivity contribution is 5.89. The summed E-state index contributed by atoms with van der Waals surface area (Å²) in [5, 5.41) is 3.20. The number of carbonyl (C=O) groups is 1. The number of benzene rings is 3. The lowest BCUT2D eigenvalue weighted by atomic mass is 9.87. The Balaban J connectivity index is 1.59. The second-order valence-electron chi connectivity index (χ2n) is 7.76. The third kappa shape index (κ3) is 3.89. The van der Waals surface area contributed by atoms with E-state index in [0.717, 1.165) is 33.9 Å². The molecule has 5 nitrogen and oxygen atoms in total. The topological polar surface area (TPSA) is 52.0 Å². The Morgan fingerprint density at radius 2 is 1.63 bits per heavy atom. The Bertz CT molecular complexity index is 1000. The van der Waals surface area contributed by atoms with Crippen LogP contribution in [0.5, 0.6) is 17.2 Å². The number of para-hydroxylation sites is 2. The molecule has 1 heterocycles. The van der Waals surface area contributed by atoms with Crippen LogP contribution in [-0.2, 0) is 4.79 Å². The van der Waals surface area contributed by atoms with Crippen LogP contribution in [0.25, 0.3) is 0 Å². The maximum Gasteiger partial charge on any atom is 0.232 e. The number of amides is 1. The molecule has 0 fully saturated rings. The van der Waals surface area contributed by atoms with E-state index in [1.807, 2.05) is 66.7 Å². The first-order valence-corrected chi connectivity index (χ1v) is 10.2. The van der Waals surface area contributed by atoms with Crippen LogP contribution in [-0.4, -0.2) is 33.7 Å². The zero-order valence-corrected chi connectivity index (χ0v) is 17.5. The molecule has 0 aliphatic carbocycles. The summed E-state index contributed by atoms with van der Waals surface area (Å²) in [6, 6.07) is 23.6. The Morgan fingerprint density at radius 3 is 2.23 bits per heavy atom. The van der Waals surface area contributed by atoms with E-state index in [1.54, 1.807) is 7.11 Å². The van der Waals surface area contributed by atoms with E-state index in [2.05, 4.69) is 25.5 Å². The van der Waals surface area contributed by atoms with Gasteiger partial charge in [0.2, 0.25) is 5.91 Å². The Kier molecular flexibility index (Phi) is 5.72. The molecule has 1 atom stereocenters. The van der Waals surface area contributed by atoms with Crippen LogP contribution in [0, 0.1) is 0 Å². The fourth-order valence-electron chi connectivity index (χ4n) is 4.01. The number of fused-ring (bicyclic) bond motifs is 2. The molecule has 30 heavy (non-hydrogen) atoms. The minimum atomic E-state index is -0.394. The van der Waals surface area contributed by atoms with E-state index in [0.29, 0.717) is 6.54 Å². The Morgan fingerprint density at radius 1 is 1.00 bits per heavy atom. The second kappa shape index (κ2) is 8.59. The van der Waals surface area contributed by atoms with Crippen LogP contribution < -0.4 is 19.7 Å².